The highest BCUT2D eigenvalue weighted by atomic mass is 16.1. The van der Waals surface area contributed by atoms with Crippen LogP contribution in [-0.4, -0.2) is 11.3 Å². The van der Waals surface area contributed by atoms with Gasteiger partial charge in [0, 0.05) is 18.4 Å². The molecular formula is C12H23NO. The molecule has 14 heavy (non-hydrogen) atoms. The van der Waals surface area contributed by atoms with Crippen LogP contribution in [0.15, 0.2) is 0 Å². The molecule has 1 fully saturated rings. The fourth-order valence-electron chi connectivity index (χ4n) is 2.86. The maximum absolute atomic E-state index is 11.4. The number of nitrogens with two attached hydrogens (primary N) is 1. The lowest BCUT2D eigenvalue weighted by Gasteiger charge is -2.26. The minimum Gasteiger partial charge on any atom is -0.325 e. The Labute approximate surface area is 87.2 Å². The van der Waals surface area contributed by atoms with Crippen LogP contribution in [0.1, 0.15) is 53.4 Å². The monoisotopic (exact) mass is 197 g/mol. The van der Waals surface area contributed by atoms with Gasteiger partial charge in [0.2, 0.25) is 0 Å². The maximum atomic E-state index is 11.4. The quantitative estimate of drug-likeness (QED) is 0.755. The number of rotatable bonds is 3. The van der Waals surface area contributed by atoms with Crippen molar-refractivity contribution in [2.75, 3.05) is 0 Å². The number of carbonyl (C=O) groups excluding carboxylic acids is 1. The summed E-state index contributed by atoms with van der Waals surface area (Å²) in [6.45, 7) is 8.51. The molecule has 0 aliphatic heterocycles. The summed E-state index contributed by atoms with van der Waals surface area (Å²) >= 11 is 0. The number of carbonyl (C=O) groups is 1. The van der Waals surface area contributed by atoms with Crippen LogP contribution < -0.4 is 5.73 Å². The number of hydrogen-bond donors (Lipinski definition) is 1. The maximum Gasteiger partial charge on any atom is 0.132 e. The summed E-state index contributed by atoms with van der Waals surface area (Å²) in [5, 5.41) is 0. The topological polar surface area (TPSA) is 43.1 Å². The first-order valence-corrected chi connectivity index (χ1v) is 5.57. The predicted molar refractivity (Wildman–Crippen MR) is 59.0 cm³/mol. The Balaban J connectivity index is 2.66. The molecule has 0 amide bonds. The molecule has 0 spiro atoms. The van der Waals surface area contributed by atoms with Crippen LogP contribution in [0.3, 0.4) is 0 Å². The van der Waals surface area contributed by atoms with E-state index in [0.29, 0.717) is 18.1 Å². The standard InChI is InChI=1S/C12H23NO/c1-5-10(14)6-9-7-12(4,13)8-11(9,2)3/h9H,5-8,13H2,1-4H3. The third-order valence-corrected chi connectivity index (χ3v) is 3.55. The Morgan fingerprint density at radius 2 is 2.00 bits per heavy atom. The molecule has 0 bridgehead atoms. The lowest BCUT2D eigenvalue weighted by molar-refractivity contribution is -0.120. The smallest absolute Gasteiger partial charge is 0.132 e. The summed E-state index contributed by atoms with van der Waals surface area (Å²) in [5.41, 5.74) is 6.31. The van der Waals surface area contributed by atoms with E-state index in [-0.39, 0.29) is 11.0 Å². The van der Waals surface area contributed by atoms with Crippen molar-refractivity contribution in [1.29, 1.82) is 0 Å². The van der Waals surface area contributed by atoms with Crippen molar-refractivity contribution in [2.45, 2.75) is 58.9 Å². The number of Topliss-reactive ketones (excluding diaryl/α,β-unsaturated/α-hetero) is 1. The molecule has 82 valence electrons. The Kier molecular flexibility index (Phi) is 3.05. The van der Waals surface area contributed by atoms with Crippen LogP contribution in [-0.2, 0) is 4.79 Å². The summed E-state index contributed by atoms with van der Waals surface area (Å²) in [5.74, 6) is 0.853. The van der Waals surface area contributed by atoms with Gasteiger partial charge < -0.3 is 5.73 Å². The van der Waals surface area contributed by atoms with E-state index in [2.05, 4.69) is 20.8 Å². The van der Waals surface area contributed by atoms with Gasteiger partial charge in [0.15, 0.2) is 0 Å². The van der Waals surface area contributed by atoms with E-state index < -0.39 is 0 Å². The first kappa shape index (κ1) is 11.7. The zero-order valence-electron chi connectivity index (χ0n) is 9.89. The van der Waals surface area contributed by atoms with Crippen molar-refractivity contribution in [2.24, 2.45) is 17.1 Å². The van der Waals surface area contributed by atoms with Crippen LogP contribution in [0.5, 0.6) is 0 Å². The van der Waals surface area contributed by atoms with Crippen LogP contribution in [0.4, 0.5) is 0 Å². The Hall–Kier alpha value is -0.370. The van der Waals surface area contributed by atoms with Gasteiger partial charge in [-0.05, 0) is 31.1 Å². The molecule has 2 nitrogen and oxygen atoms in total. The van der Waals surface area contributed by atoms with Gasteiger partial charge >= 0.3 is 0 Å². The van der Waals surface area contributed by atoms with Gasteiger partial charge in [0.1, 0.15) is 5.78 Å². The third kappa shape index (κ3) is 2.57. The van der Waals surface area contributed by atoms with E-state index in [1.807, 2.05) is 6.92 Å². The normalized spacial score (nSPS) is 35.9. The molecule has 0 aromatic rings. The minimum absolute atomic E-state index is 0.0673. The summed E-state index contributed by atoms with van der Waals surface area (Å²) in [6, 6.07) is 0. The Morgan fingerprint density at radius 1 is 1.43 bits per heavy atom. The predicted octanol–water partition coefficient (Wildman–Crippen LogP) is 2.51. The molecule has 0 aromatic carbocycles. The average molecular weight is 197 g/mol. The summed E-state index contributed by atoms with van der Waals surface area (Å²) in [7, 11) is 0. The SMILES string of the molecule is CCC(=O)CC1CC(C)(N)CC1(C)C. The van der Waals surface area contributed by atoms with Crippen molar-refractivity contribution in [3.05, 3.63) is 0 Å². The van der Waals surface area contributed by atoms with E-state index >= 15 is 0 Å². The van der Waals surface area contributed by atoms with E-state index in [4.69, 9.17) is 5.73 Å². The van der Waals surface area contributed by atoms with Crippen LogP contribution in [0.25, 0.3) is 0 Å². The molecule has 2 atom stereocenters. The van der Waals surface area contributed by atoms with Gasteiger partial charge in [0.25, 0.3) is 0 Å². The van der Waals surface area contributed by atoms with Gasteiger partial charge in [-0.25, -0.2) is 0 Å². The molecule has 2 unspecified atom stereocenters. The molecule has 1 saturated carbocycles. The molecule has 2 N–H and O–H groups in total. The van der Waals surface area contributed by atoms with Crippen LogP contribution in [0.2, 0.25) is 0 Å². The molecular weight excluding hydrogens is 174 g/mol. The lowest BCUT2D eigenvalue weighted by atomic mass is 9.79. The highest BCUT2D eigenvalue weighted by Crippen LogP contribution is 2.48. The van der Waals surface area contributed by atoms with Gasteiger partial charge in [-0.15, -0.1) is 0 Å². The van der Waals surface area contributed by atoms with Gasteiger partial charge in [0.05, 0.1) is 0 Å². The number of ketones is 1. The first-order chi connectivity index (χ1) is 6.27. The van der Waals surface area contributed by atoms with Gasteiger partial charge in [-0.3, -0.25) is 4.79 Å². The average Bonchev–Trinajstić information content (AvgIpc) is 2.19. The van der Waals surface area contributed by atoms with Crippen molar-refractivity contribution in [3.8, 4) is 0 Å². The summed E-state index contributed by atoms with van der Waals surface area (Å²) in [4.78, 5) is 11.4. The molecule has 2 heteroatoms. The highest BCUT2D eigenvalue weighted by Gasteiger charge is 2.45. The van der Waals surface area contributed by atoms with Crippen molar-refractivity contribution in [3.63, 3.8) is 0 Å². The Bertz CT molecular complexity index is 230. The van der Waals surface area contributed by atoms with Crippen LogP contribution in [0, 0.1) is 11.3 Å². The van der Waals surface area contributed by atoms with Crippen molar-refractivity contribution >= 4 is 5.78 Å². The summed E-state index contributed by atoms with van der Waals surface area (Å²) in [6.07, 6.45) is 3.40. The van der Waals surface area contributed by atoms with E-state index in [1.54, 1.807) is 0 Å². The summed E-state index contributed by atoms with van der Waals surface area (Å²) < 4.78 is 0. The van der Waals surface area contributed by atoms with Crippen molar-refractivity contribution in [1.82, 2.24) is 0 Å². The van der Waals surface area contributed by atoms with E-state index in [1.165, 1.54) is 0 Å². The minimum atomic E-state index is -0.0673. The van der Waals surface area contributed by atoms with E-state index in [9.17, 15) is 4.79 Å². The fraction of sp³-hybridized carbons (Fsp3) is 0.917. The largest absolute Gasteiger partial charge is 0.325 e. The zero-order valence-corrected chi connectivity index (χ0v) is 9.89. The second kappa shape index (κ2) is 3.65. The molecule has 0 aromatic heterocycles. The molecule has 1 aliphatic rings. The van der Waals surface area contributed by atoms with Gasteiger partial charge in [-0.1, -0.05) is 20.8 Å². The third-order valence-electron chi connectivity index (χ3n) is 3.55. The van der Waals surface area contributed by atoms with Crippen LogP contribution >= 0.6 is 0 Å². The van der Waals surface area contributed by atoms with E-state index in [0.717, 1.165) is 19.3 Å². The second-order valence-electron chi connectivity index (χ2n) is 5.82. The molecule has 0 radical (unpaired) electrons. The van der Waals surface area contributed by atoms with Gasteiger partial charge in [-0.2, -0.15) is 0 Å². The Morgan fingerprint density at radius 3 is 2.36 bits per heavy atom. The second-order valence-corrected chi connectivity index (χ2v) is 5.82. The molecule has 1 aliphatic carbocycles. The highest BCUT2D eigenvalue weighted by molar-refractivity contribution is 5.78. The molecule has 0 saturated heterocycles. The lowest BCUT2D eigenvalue weighted by Crippen LogP contribution is -2.33. The molecule has 0 heterocycles. The molecule has 1 rings (SSSR count). The number of hydrogen-bond acceptors (Lipinski definition) is 2. The first-order valence-electron chi connectivity index (χ1n) is 5.57. The fourth-order valence-corrected chi connectivity index (χ4v) is 2.86. The zero-order chi connectivity index (χ0) is 11.0. The van der Waals surface area contributed by atoms with Crippen molar-refractivity contribution < 1.29 is 4.79 Å².